The topological polar surface area (TPSA) is 90.9 Å². The maximum absolute atomic E-state index is 13.0. The molecule has 30 heavy (non-hydrogen) atoms. The summed E-state index contributed by atoms with van der Waals surface area (Å²) in [4.78, 5) is 39.0. The van der Waals surface area contributed by atoms with E-state index >= 15 is 0 Å². The van der Waals surface area contributed by atoms with Crippen molar-refractivity contribution >= 4 is 17.7 Å². The van der Waals surface area contributed by atoms with Crippen LogP contribution in [0.15, 0.2) is 22.8 Å². The van der Waals surface area contributed by atoms with Gasteiger partial charge in [0.2, 0.25) is 5.88 Å². The first-order valence-electron chi connectivity index (χ1n) is 11.1. The van der Waals surface area contributed by atoms with Crippen LogP contribution in [0.25, 0.3) is 0 Å². The smallest absolute Gasteiger partial charge is 0.340 e. The number of allylic oxidation sites excluding steroid dienone is 1. The lowest BCUT2D eigenvalue weighted by Gasteiger charge is -2.38. The van der Waals surface area contributed by atoms with Gasteiger partial charge in [-0.2, -0.15) is 0 Å². The molecular weight excluding hydrogens is 386 g/mol. The second-order valence-corrected chi connectivity index (χ2v) is 9.01. The van der Waals surface area contributed by atoms with Gasteiger partial charge in [-0.3, -0.25) is 9.59 Å². The Balaban J connectivity index is 2.07. The van der Waals surface area contributed by atoms with Gasteiger partial charge in [-0.25, -0.2) is 4.79 Å². The summed E-state index contributed by atoms with van der Waals surface area (Å²) in [6, 6.07) is 0.149. The molecule has 0 amide bonds. The Morgan fingerprint density at radius 3 is 2.37 bits per heavy atom. The van der Waals surface area contributed by atoms with Crippen LogP contribution in [0.2, 0.25) is 0 Å². The SMILES string of the molecule is CCOC(=O)C1=C(NC2CCCCC2)OC2=C(C(=O)CC(C)(C)C2)C1C(=O)OCC. The third-order valence-corrected chi connectivity index (χ3v) is 5.88. The van der Waals surface area contributed by atoms with Gasteiger partial charge in [0, 0.05) is 18.9 Å². The number of rotatable bonds is 6. The highest BCUT2D eigenvalue weighted by molar-refractivity contribution is 6.08. The fourth-order valence-electron chi connectivity index (χ4n) is 4.56. The molecule has 0 aromatic heterocycles. The van der Waals surface area contributed by atoms with E-state index in [0.717, 1.165) is 25.7 Å². The van der Waals surface area contributed by atoms with Gasteiger partial charge in [0.1, 0.15) is 17.3 Å². The van der Waals surface area contributed by atoms with E-state index in [9.17, 15) is 14.4 Å². The van der Waals surface area contributed by atoms with Crippen LogP contribution in [-0.2, 0) is 28.6 Å². The van der Waals surface area contributed by atoms with Gasteiger partial charge in [0.05, 0.1) is 18.8 Å². The van der Waals surface area contributed by atoms with E-state index in [4.69, 9.17) is 14.2 Å². The number of hydrogen-bond acceptors (Lipinski definition) is 7. The van der Waals surface area contributed by atoms with Crippen molar-refractivity contribution < 1.29 is 28.6 Å². The zero-order chi connectivity index (χ0) is 21.9. The highest BCUT2D eigenvalue weighted by Crippen LogP contribution is 2.45. The van der Waals surface area contributed by atoms with Gasteiger partial charge < -0.3 is 19.5 Å². The van der Waals surface area contributed by atoms with Gasteiger partial charge in [0.15, 0.2) is 5.78 Å². The van der Waals surface area contributed by atoms with Crippen LogP contribution in [-0.4, -0.2) is 37.0 Å². The number of hydrogen-bond donors (Lipinski definition) is 1. The molecule has 0 saturated heterocycles. The molecule has 3 rings (SSSR count). The van der Waals surface area contributed by atoms with Gasteiger partial charge in [-0.05, 0) is 32.1 Å². The zero-order valence-electron chi connectivity index (χ0n) is 18.5. The molecule has 1 N–H and O–H groups in total. The van der Waals surface area contributed by atoms with E-state index < -0.39 is 17.9 Å². The second kappa shape index (κ2) is 9.23. The lowest BCUT2D eigenvalue weighted by Crippen LogP contribution is -2.43. The lowest BCUT2D eigenvalue weighted by molar-refractivity contribution is -0.150. The van der Waals surface area contributed by atoms with Crippen molar-refractivity contribution in [3.63, 3.8) is 0 Å². The van der Waals surface area contributed by atoms with Crippen LogP contribution in [0.3, 0.4) is 0 Å². The molecule has 166 valence electrons. The molecule has 1 unspecified atom stereocenters. The van der Waals surface area contributed by atoms with Crippen molar-refractivity contribution in [1.82, 2.24) is 5.32 Å². The summed E-state index contributed by atoms with van der Waals surface area (Å²) < 4.78 is 16.7. The van der Waals surface area contributed by atoms with E-state index in [1.54, 1.807) is 13.8 Å². The van der Waals surface area contributed by atoms with Crippen molar-refractivity contribution in [2.75, 3.05) is 13.2 Å². The minimum Gasteiger partial charge on any atom is -0.465 e. The molecule has 2 aliphatic carbocycles. The molecule has 0 spiro atoms. The molecule has 3 aliphatic rings. The number of ether oxygens (including phenoxy) is 3. The highest BCUT2D eigenvalue weighted by atomic mass is 16.5. The molecule has 7 heteroatoms. The minimum atomic E-state index is -1.12. The molecule has 1 heterocycles. The molecule has 0 aromatic rings. The molecule has 1 atom stereocenters. The average Bonchev–Trinajstić information content (AvgIpc) is 2.67. The van der Waals surface area contributed by atoms with Gasteiger partial charge in [-0.1, -0.05) is 33.1 Å². The average molecular weight is 420 g/mol. The first-order valence-corrected chi connectivity index (χ1v) is 11.1. The summed E-state index contributed by atoms with van der Waals surface area (Å²) in [5.41, 5.74) is 0.00433. The van der Waals surface area contributed by atoms with Crippen LogP contribution in [0.5, 0.6) is 0 Å². The van der Waals surface area contributed by atoms with Crippen LogP contribution < -0.4 is 5.32 Å². The number of carbonyl (C=O) groups excluding carboxylic acids is 3. The van der Waals surface area contributed by atoms with Crippen LogP contribution in [0.1, 0.15) is 72.6 Å². The Morgan fingerprint density at radius 2 is 1.73 bits per heavy atom. The number of nitrogens with one attached hydrogen (secondary N) is 1. The quantitative estimate of drug-likeness (QED) is 0.659. The molecule has 1 aliphatic heterocycles. The normalized spacial score (nSPS) is 24.1. The van der Waals surface area contributed by atoms with Crippen LogP contribution in [0.4, 0.5) is 0 Å². The Kier molecular flexibility index (Phi) is 6.88. The monoisotopic (exact) mass is 419 g/mol. The summed E-state index contributed by atoms with van der Waals surface area (Å²) >= 11 is 0. The van der Waals surface area contributed by atoms with Crippen molar-refractivity contribution in [2.24, 2.45) is 11.3 Å². The predicted molar refractivity (Wildman–Crippen MR) is 110 cm³/mol. The van der Waals surface area contributed by atoms with Crippen molar-refractivity contribution in [2.45, 2.75) is 78.7 Å². The van der Waals surface area contributed by atoms with Gasteiger partial charge in [-0.15, -0.1) is 0 Å². The zero-order valence-corrected chi connectivity index (χ0v) is 18.5. The Morgan fingerprint density at radius 1 is 1.07 bits per heavy atom. The third kappa shape index (κ3) is 4.71. The summed E-state index contributed by atoms with van der Waals surface area (Å²) in [5, 5.41) is 3.35. The Hall–Kier alpha value is -2.31. The number of carbonyl (C=O) groups is 3. The van der Waals surface area contributed by atoms with Gasteiger partial charge in [0.25, 0.3) is 0 Å². The number of esters is 2. The van der Waals surface area contributed by atoms with Crippen LogP contribution >= 0.6 is 0 Å². The number of ketones is 1. The molecule has 0 bridgehead atoms. The molecule has 1 fully saturated rings. The van der Waals surface area contributed by atoms with E-state index in [-0.39, 0.29) is 53.9 Å². The largest absolute Gasteiger partial charge is 0.465 e. The van der Waals surface area contributed by atoms with Crippen molar-refractivity contribution in [3.8, 4) is 0 Å². The summed E-state index contributed by atoms with van der Waals surface area (Å²) in [6.07, 6.45) is 6.10. The predicted octanol–water partition coefficient (Wildman–Crippen LogP) is 3.54. The van der Waals surface area contributed by atoms with Gasteiger partial charge >= 0.3 is 11.9 Å². The molecular formula is C23H33NO6. The van der Waals surface area contributed by atoms with E-state index in [2.05, 4.69) is 5.32 Å². The third-order valence-electron chi connectivity index (χ3n) is 5.88. The van der Waals surface area contributed by atoms with E-state index in [0.29, 0.717) is 12.2 Å². The van der Waals surface area contributed by atoms with Crippen molar-refractivity contribution in [1.29, 1.82) is 0 Å². The molecule has 0 aromatic carbocycles. The van der Waals surface area contributed by atoms with E-state index in [1.807, 2.05) is 13.8 Å². The summed E-state index contributed by atoms with van der Waals surface area (Å²) in [5.74, 6) is -1.88. The Bertz CT molecular complexity index is 773. The second-order valence-electron chi connectivity index (χ2n) is 9.01. The fraction of sp³-hybridized carbons (Fsp3) is 0.696. The molecule has 7 nitrogen and oxygen atoms in total. The maximum atomic E-state index is 13.0. The first kappa shape index (κ1) is 22.4. The maximum Gasteiger partial charge on any atom is 0.340 e. The number of Topliss-reactive ketones (excluding diaryl/α,β-unsaturated/α-hetero) is 1. The molecule has 0 radical (unpaired) electrons. The fourth-order valence-corrected chi connectivity index (χ4v) is 4.56. The highest BCUT2D eigenvalue weighted by Gasteiger charge is 2.48. The minimum absolute atomic E-state index is 0.0488. The Labute approximate surface area is 178 Å². The first-order chi connectivity index (χ1) is 14.3. The van der Waals surface area contributed by atoms with Crippen molar-refractivity contribution in [3.05, 3.63) is 22.8 Å². The summed E-state index contributed by atoms with van der Waals surface area (Å²) in [7, 11) is 0. The molecule has 1 saturated carbocycles. The van der Waals surface area contributed by atoms with Crippen LogP contribution in [0, 0.1) is 11.3 Å². The lowest BCUT2D eigenvalue weighted by atomic mass is 9.71. The standard InChI is InChI=1S/C23H33NO6/c1-5-28-21(26)18-17-15(25)12-23(3,4)13-16(17)30-20(19(18)22(27)29-6-2)24-14-10-8-7-9-11-14/h14,18,24H,5-13H2,1-4H3. The van der Waals surface area contributed by atoms with E-state index in [1.165, 1.54) is 6.42 Å². The summed E-state index contributed by atoms with van der Waals surface area (Å²) in [6.45, 7) is 7.70.